The molecule has 9 heteroatoms. The third-order valence-corrected chi connectivity index (χ3v) is 4.71. The number of halogens is 2. The SMILES string of the molecule is CC1CN(C(=O)CN2C(=O)NC(C)(c3ccc(F)cc3)C2=O)CCN1.Cl. The van der Waals surface area contributed by atoms with Crippen molar-refractivity contribution in [3.05, 3.63) is 35.6 Å². The van der Waals surface area contributed by atoms with Crippen LogP contribution in [0.5, 0.6) is 0 Å². The Morgan fingerprint density at radius 3 is 2.58 bits per heavy atom. The van der Waals surface area contributed by atoms with Crippen molar-refractivity contribution in [3.8, 4) is 0 Å². The van der Waals surface area contributed by atoms with Crippen LogP contribution < -0.4 is 10.6 Å². The van der Waals surface area contributed by atoms with Crippen molar-refractivity contribution in [1.29, 1.82) is 0 Å². The molecule has 0 aliphatic carbocycles. The van der Waals surface area contributed by atoms with Gasteiger partial charge in [0.05, 0.1) is 0 Å². The van der Waals surface area contributed by atoms with Crippen LogP contribution in [0.15, 0.2) is 24.3 Å². The third-order valence-electron chi connectivity index (χ3n) is 4.71. The summed E-state index contributed by atoms with van der Waals surface area (Å²) in [5.74, 6) is -1.20. The van der Waals surface area contributed by atoms with Gasteiger partial charge in [0.1, 0.15) is 17.9 Å². The molecular weight excluding hydrogens is 363 g/mol. The molecule has 2 aliphatic rings. The van der Waals surface area contributed by atoms with E-state index in [9.17, 15) is 18.8 Å². The Balaban J connectivity index is 0.00000243. The number of urea groups is 1. The molecule has 0 bridgehead atoms. The fraction of sp³-hybridized carbons (Fsp3) is 0.471. The molecule has 2 atom stereocenters. The molecule has 0 spiro atoms. The third kappa shape index (κ3) is 3.66. The van der Waals surface area contributed by atoms with E-state index in [4.69, 9.17) is 0 Å². The van der Waals surface area contributed by atoms with E-state index in [1.807, 2.05) is 6.92 Å². The molecule has 1 aromatic rings. The molecule has 2 unspecified atom stereocenters. The van der Waals surface area contributed by atoms with Crippen molar-refractivity contribution in [2.45, 2.75) is 25.4 Å². The predicted molar refractivity (Wildman–Crippen MR) is 95.3 cm³/mol. The number of carbonyl (C=O) groups is 3. The Hall–Kier alpha value is -2.19. The highest BCUT2D eigenvalue weighted by Crippen LogP contribution is 2.28. The van der Waals surface area contributed by atoms with E-state index in [2.05, 4.69) is 10.6 Å². The summed E-state index contributed by atoms with van der Waals surface area (Å²) in [7, 11) is 0. The average Bonchev–Trinajstić information content (AvgIpc) is 2.79. The lowest BCUT2D eigenvalue weighted by Crippen LogP contribution is -2.54. The molecule has 0 aromatic heterocycles. The molecule has 142 valence electrons. The summed E-state index contributed by atoms with van der Waals surface area (Å²) < 4.78 is 13.1. The number of amides is 4. The quantitative estimate of drug-likeness (QED) is 0.756. The van der Waals surface area contributed by atoms with Gasteiger partial charge in [0.15, 0.2) is 0 Å². The highest BCUT2D eigenvalue weighted by molar-refractivity contribution is 6.09. The molecule has 26 heavy (non-hydrogen) atoms. The number of piperazine rings is 1. The highest BCUT2D eigenvalue weighted by atomic mass is 35.5. The van der Waals surface area contributed by atoms with Crippen LogP contribution in [0.2, 0.25) is 0 Å². The first kappa shape index (κ1) is 20.1. The molecule has 1 aromatic carbocycles. The fourth-order valence-corrected chi connectivity index (χ4v) is 3.21. The molecule has 2 heterocycles. The minimum atomic E-state index is -1.30. The second kappa shape index (κ2) is 7.59. The zero-order valence-corrected chi connectivity index (χ0v) is 15.4. The maximum absolute atomic E-state index is 13.1. The zero-order chi connectivity index (χ0) is 18.2. The molecule has 2 saturated heterocycles. The fourth-order valence-electron chi connectivity index (χ4n) is 3.21. The van der Waals surface area contributed by atoms with Crippen LogP contribution in [0.1, 0.15) is 19.4 Å². The van der Waals surface area contributed by atoms with Crippen LogP contribution in [0.4, 0.5) is 9.18 Å². The van der Waals surface area contributed by atoms with Gasteiger partial charge >= 0.3 is 6.03 Å². The molecule has 2 fully saturated rings. The normalized spacial score (nSPS) is 25.7. The summed E-state index contributed by atoms with van der Waals surface area (Å²) in [4.78, 5) is 40.1. The van der Waals surface area contributed by atoms with Crippen LogP contribution in [-0.4, -0.2) is 59.9 Å². The van der Waals surface area contributed by atoms with Crippen LogP contribution in [0, 0.1) is 5.82 Å². The summed E-state index contributed by atoms with van der Waals surface area (Å²) in [6, 6.07) is 4.93. The van der Waals surface area contributed by atoms with Crippen molar-refractivity contribution >= 4 is 30.3 Å². The Bertz CT molecular complexity index is 714. The number of benzene rings is 1. The summed E-state index contributed by atoms with van der Waals surface area (Å²) in [6.45, 7) is 4.99. The van der Waals surface area contributed by atoms with Gasteiger partial charge in [-0.2, -0.15) is 0 Å². The number of rotatable bonds is 3. The van der Waals surface area contributed by atoms with Gasteiger partial charge in [0.2, 0.25) is 5.91 Å². The molecule has 3 rings (SSSR count). The van der Waals surface area contributed by atoms with E-state index in [0.717, 1.165) is 4.90 Å². The number of hydrogen-bond donors (Lipinski definition) is 2. The molecule has 0 radical (unpaired) electrons. The Morgan fingerprint density at radius 2 is 1.96 bits per heavy atom. The van der Waals surface area contributed by atoms with Gasteiger partial charge in [0, 0.05) is 25.7 Å². The van der Waals surface area contributed by atoms with Gasteiger partial charge in [0.25, 0.3) is 5.91 Å². The van der Waals surface area contributed by atoms with Crippen LogP contribution >= 0.6 is 12.4 Å². The second-order valence-electron chi connectivity index (χ2n) is 6.65. The predicted octanol–water partition coefficient (Wildman–Crippen LogP) is 0.835. The van der Waals surface area contributed by atoms with Gasteiger partial charge in [-0.1, -0.05) is 12.1 Å². The monoisotopic (exact) mass is 384 g/mol. The Labute approximate surface area is 157 Å². The lowest BCUT2D eigenvalue weighted by atomic mass is 9.92. The van der Waals surface area contributed by atoms with E-state index >= 15 is 0 Å². The van der Waals surface area contributed by atoms with Crippen molar-refractivity contribution in [3.63, 3.8) is 0 Å². The topological polar surface area (TPSA) is 81.8 Å². The van der Waals surface area contributed by atoms with Crippen molar-refractivity contribution in [1.82, 2.24) is 20.4 Å². The van der Waals surface area contributed by atoms with Crippen molar-refractivity contribution in [2.24, 2.45) is 0 Å². The largest absolute Gasteiger partial charge is 0.338 e. The van der Waals surface area contributed by atoms with Crippen LogP contribution in [0.3, 0.4) is 0 Å². The summed E-state index contributed by atoms with van der Waals surface area (Å²) in [6.07, 6.45) is 0. The number of nitrogens with one attached hydrogen (secondary N) is 2. The molecule has 2 N–H and O–H groups in total. The molecular formula is C17H22ClFN4O3. The Morgan fingerprint density at radius 1 is 1.31 bits per heavy atom. The number of imide groups is 1. The lowest BCUT2D eigenvalue weighted by Gasteiger charge is -2.32. The lowest BCUT2D eigenvalue weighted by molar-refractivity contribution is -0.139. The minimum Gasteiger partial charge on any atom is -0.338 e. The molecule has 4 amide bonds. The average molecular weight is 385 g/mol. The molecule has 0 saturated carbocycles. The van der Waals surface area contributed by atoms with Crippen LogP contribution in [0.25, 0.3) is 0 Å². The summed E-state index contributed by atoms with van der Waals surface area (Å²) in [5.41, 5.74) is -0.833. The van der Waals surface area contributed by atoms with E-state index in [0.29, 0.717) is 25.2 Å². The number of hydrogen-bond acceptors (Lipinski definition) is 4. The smallest absolute Gasteiger partial charge is 0.325 e. The first-order valence-electron chi connectivity index (χ1n) is 8.22. The highest BCUT2D eigenvalue weighted by Gasteiger charge is 2.49. The molecule has 2 aliphatic heterocycles. The first-order chi connectivity index (χ1) is 11.8. The number of nitrogens with zero attached hydrogens (tertiary/aromatic N) is 2. The van der Waals surface area contributed by atoms with Gasteiger partial charge in [-0.3, -0.25) is 14.5 Å². The standard InChI is InChI=1S/C17H21FN4O3.ClH/c1-11-9-21(8-7-19-11)14(23)10-22-15(24)17(2,20-16(22)25)12-3-5-13(18)6-4-12;/h3-6,11,19H,7-10H2,1-2H3,(H,20,25);1H. The maximum atomic E-state index is 13.1. The number of carbonyl (C=O) groups excluding carboxylic acids is 3. The van der Waals surface area contributed by atoms with Crippen LogP contribution in [-0.2, 0) is 15.1 Å². The minimum absolute atomic E-state index is 0. The van der Waals surface area contributed by atoms with Gasteiger partial charge < -0.3 is 15.5 Å². The van der Waals surface area contributed by atoms with E-state index in [1.54, 1.807) is 11.8 Å². The van der Waals surface area contributed by atoms with Crippen molar-refractivity contribution < 1.29 is 18.8 Å². The maximum Gasteiger partial charge on any atom is 0.325 e. The van der Waals surface area contributed by atoms with E-state index in [-0.39, 0.29) is 30.9 Å². The van der Waals surface area contributed by atoms with Gasteiger partial charge in [-0.05, 0) is 31.5 Å². The van der Waals surface area contributed by atoms with E-state index < -0.39 is 23.3 Å². The first-order valence-corrected chi connectivity index (χ1v) is 8.22. The van der Waals surface area contributed by atoms with Gasteiger partial charge in [-0.15, -0.1) is 12.4 Å². The zero-order valence-electron chi connectivity index (χ0n) is 14.6. The summed E-state index contributed by atoms with van der Waals surface area (Å²) >= 11 is 0. The summed E-state index contributed by atoms with van der Waals surface area (Å²) in [5, 5.41) is 5.85. The van der Waals surface area contributed by atoms with E-state index in [1.165, 1.54) is 24.3 Å². The second-order valence-corrected chi connectivity index (χ2v) is 6.65. The van der Waals surface area contributed by atoms with Crippen molar-refractivity contribution in [2.75, 3.05) is 26.2 Å². The molecule has 7 nitrogen and oxygen atoms in total. The van der Waals surface area contributed by atoms with Gasteiger partial charge in [-0.25, -0.2) is 9.18 Å². The Kier molecular flexibility index (Phi) is 5.87.